The summed E-state index contributed by atoms with van der Waals surface area (Å²) in [5.74, 6) is 1.55. The van der Waals surface area contributed by atoms with Gasteiger partial charge in [0.25, 0.3) is 0 Å². The maximum absolute atomic E-state index is 12.6. The van der Waals surface area contributed by atoms with Crippen LogP contribution >= 0.6 is 12.4 Å². The first kappa shape index (κ1) is 18.5. The van der Waals surface area contributed by atoms with E-state index < -0.39 is 0 Å². The number of rotatable bonds is 7. The van der Waals surface area contributed by atoms with Gasteiger partial charge in [-0.15, -0.1) is 19.0 Å². The summed E-state index contributed by atoms with van der Waals surface area (Å²) in [6.45, 7) is 8.86. The lowest BCUT2D eigenvalue weighted by molar-refractivity contribution is -0.137. The van der Waals surface area contributed by atoms with Crippen LogP contribution in [0.25, 0.3) is 0 Å². The lowest BCUT2D eigenvalue weighted by Gasteiger charge is -2.35. The van der Waals surface area contributed by atoms with E-state index in [0.29, 0.717) is 19.0 Å². The minimum absolute atomic E-state index is 0. The van der Waals surface area contributed by atoms with Crippen molar-refractivity contribution in [1.29, 1.82) is 0 Å². The van der Waals surface area contributed by atoms with Crippen molar-refractivity contribution in [3.05, 3.63) is 42.5 Å². The molecule has 1 fully saturated rings. The predicted molar refractivity (Wildman–Crippen MR) is 91.4 cm³/mol. The number of nitrogens with zero attached hydrogens (tertiary/aromatic N) is 1. The summed E-state index contributed by atoms with van der Waals surface area (Å²) in [5, 5.41) is 3.23. The maximum atomic E-state index is 12.6. The monoisotopic (exact) mass is 324 g/mol. The summed E-state index contributed by atoms with van der Waals surface area (Å²) in [4.78, 5) is 14.5. The van der Waals surface area contributed by atoms with Crippen LogP contribution in [-0.2, 0) is 11.3 Å². The van der Waals surface area contributed by atoms with E-state index >= 15 is 0 Å². The molecular weight excluding hydrogens is 300 g/mol. The molecule has 1 aliphatic rings. The highest BCUT2D eigenvalue weighted by Crippen LogP contribution is 2.20. The van der Waals surface area contributed by atoms with Crippen LogP contribution < -0.4 is 10.1 Å². The molecule has 1 aromatic rings. The third-order valence-electron chi connectivity index (χ3n) is 4.10. The van der Waals surface area contributed by atoms with Gasteiger partial charge in [-0.2, -0.15) is 0 Å². The normalized spacial score (nSPS) is 15.2. The fourth-order valence-electron chi connectivity index (χ4n) is 2.49. The lowest BCUT2D eigenvalue weighted by Crippen LogP contribution is -2.50. The first-order valence-electron chi connectivity index (χ1n) is 7.39. The summed E-state index contributed by atoms with van der Waals surface area (Å²) < 4.78 is 5.16. The Morgan fingerprint density at radius 3 is 2.55 bits per heavy atom. The number of ether oxygens (including phenoxy) is 1. The molecule has 1 N–H and O–H groups in total. The molecule has 0 saturated carbocycles. The van der Waals surface area contributed by atoms with Gasteiger partial charge in [-0.3, -0.25) is 4.79 Å². The number of nitrogens with one attached hydrogen (secondary N) is 1. The smallest absolute Gasteiger partial charge is 0.226 e. The molecule has 1 amide bonds. The van der Waals surface area contributed by atoms with Crippen molar-refractivity contribution in [3.8, 4) is 5.75 Å². The first-order valence-corrected chi connectivity index (χ1v) is 7.39. The van der Waals surface area contributed by atoms with Gasteiger partial charge in [0.05, 0.1) is 7.11 Å². The molecule has 1 atom stereocenters. The molecule has 0 radical (unpaired) electrons. The van der Waals surface area contributed by atoms with Crippen molar-refractivity contribution in [2.45, 2.75) is 13.5 Å². The van der Waals surface area contributed by atoms with Crippen molar-refractivity contribution in [1.82, 2.24) is 10.2 Å². The van der Waals surface area contributed by atoms with Gasteiger partial charge in [-0.25, -0.2) is 0 Å². The predicted octanol–water partition coefficient (Wildman–Crippen LogP) is 2.49. The van der Waals surface area contributed by atoms with Crippen LogP contribution in [0, 0.1) is 11.8 Å². The van der Waals surface area contributed by atoms with Gasteiger partial charge in [0.2, 0.25) is 5.91 Å². The topological polar surface area (TPSA) is 41.6 Å². The number of benzene rings is 1. The molecule has 5 heteroatoms. The zero-order valence-corrected chi connectivity index (χ0v) is 14.1. The number of methoxy groups -OCH3 is 1. The number of amides is 1. The highest BCUT2D eigenvalue weighted by molar-refractivity contribution is 5.85. The van der Waals surface area contributed by atoms with E-state index in [-0.39, 0.29) is 24.2 Å². The zero-order valence-electron chi connectivity index (χ0n) is 13.2. The lowest BCUT2D eigenvalue weighted by atomic mass is 9.88. The second kappa shape index (κ2) is 8.81. The Labute approximate surface area is 138 Å². The summed E-state index contributed by atoms with van der Waals surface area (Å²) in [6, 6.07) is 7.84. The van der Waals surface area contributed by atoms with Gasteiger partial charge < -0.3 is 15.0 Å². The van der Waals surface area contributed by atoms with E-state index in [2.05, 4.69) is 11.9 Å². The van der Waals surface area contributed by atoms with E-state index in [1.54, 1.807) is 13.2 Å². The molecule has 0 spiro atoms. The highest BCUT2D eigenvalue weighted by Gasteiger charge is 2.31. The fourth-order valence-corrected chi connectivity index (χ4v) is 2.49. The second-order valence-corrected chi connectivity index (χ2v) is 5.56. The van der Waals surface area contributed by atoms with Gasteiger partial charge in [0.15, 0.2) is 0 Å². The molecule has 0 aliphatic carbocycles. The Hall–Kier alpha value is -1.52. The molecule has 1 saturated heterocycles. The van der Waals surface area contributed by atoms with Gasteiger partial charge >= 0.3 is 0 Å². The standard InChI is InChI=1S/C17H24N2O2.ClH/c1-4-9-19(17(20)13(2)15-10-18-11-15)12-14-5-7-16(21-3)8-6-14;/h4-8,13,15,18H,1,9-12H2,2-3H3;1H. The number of halogens is 1. The number of carbonyl (C=O) groups excluding carboxylic acids is 1. The van der Waals surface area contributed by atoms with Crippen LogP contribution in [0.3, 0.4) is 0 Å². The van der Waals surface area contributed by atoms with E-state index in [1.807, 2.05) is 36.1 Å². The van der Waals surface area contributed by atoms with Crippen molar-refractivity contribution in [2.75, 3.05) is 26.7 Å². The van der Waals surface area contributed by atoms with Crippen molar-refractivity contribution >= 4 is 18.3 Å². The van der Waals surface area contributed by atoms with Gasteiger partial charge in [0.1, 0.15) is 5.75 Å². The number of carbonyl (C=O) groups is 1. The molecule has 1 aromatic carbocycles. The van der Waals surface area contributed by atoms with Crippen LogP contribution in [0.1, 0.15) is 12.5 Å². The van der Waals surface area contributed by atoms with E-state index in [0.717, 1.165) is 24.4 Å². The van der Waals surface area contributed by atoms with E-state index in [4.69, 9.17) is 4.74 Å². The van der Waals surface area contributed by atoms with Crippen LogP contribution in [0.2, 0.25) is 0 Å². The fraction of sp³-hybridized carbons (Fsp3) is 0.471. The Morgan fingerprint density at radius 1 is 1.45 bits per heavy atom. The second-order valence-electron chi connectivity index (χ2n) is 5.56. The van der Waals surface area contributed by atoms with Crippen LogP contribution in [0.15, 0.2) is 36.9 Å². The van der Waals surface area contributed by atoms with Crippen LogP contribution in [-0.4, -0.2) is 37.6 Å². The molecule has 2 rings (SSSR count). The molecule has 22 heavy (non-hydrogen) atoms. The summed E-state index contributed by atoms with van der Waals surface area (Å²) in [7, 11) is 1.65. The van der Waals surface area contributed by atoms with Gasteiger partial charge in [0, 0.05) is 19.0 Å². The molecule has 0 bridgehead atoms. The molecule has 1 aliphatic heterocycles. The first-order chi connectivity index (χ1) is 10.2. The van der Waals surface area contributed by atoms with Crippen LogP contribution in [0.5, 0.6) is 5.75 Å². The largest absolute Gasteiger partial charge is 0.497 e. The van der Waals surface area contributed by atoms with Crippen LogP contribution in [0.4, 0.5) is 0 Å². The van der Waals surface area contributed by atoms with E-state index in [1.165, 1.54) is 0 Å². The SMILES string of the molecule is C=CCN(Cc1ccc(OC)cc1)C(=O)C(C)C1CNC1.Cl. The quantitative estimate of drug-likeness (QED) is 0.783. The van der Waals surface area contributed by atoms with Gasteiger partial charge in [-0.1, -0.05) is 25.1 Å². The number of hydrogen-bond donors (Lipinski definition) is 1. The molecule has 4 nitrogen and oxygen atoms in total. The summed E-state index contributed by atoms with van der Waals surface area (Å²) in [5.41, 5.74) is 1.10. The molecule has 122 valence electrons. The van der Waals surface area contributed by atoms with E-state index in [9.17, 15) is 4.79 Å². The number of hydrogen-bond acceptors (Lipinski definition) is 3. The Morgan fingerprint density at radius 2 is 2.09 bits per heavy atom. The maximum Gasteiger partial charge on any atom is 0.226 e. The molecule has 1 unspecified atom stereocenters. The minimum Gasteiger partial charge on any atom is -0.497 e. The van der Waals surface area contributed by atoms with Crippen molar-refractivity contribution in [2.24, 2.45) is 11.8 Å². The molecule has 0 aromatic heterocycles. The highest BCUT2D eigenvalue weighted by atomic mass is 35.5. The zero-order chi connectivity index (χ0) is 15.2. The summed E-state index contributed by atoms with van der Waals surface area (Å²) >= 11 is 0. The third kappa shape index (κ3) is 4.49. The minimum atomic E-state index is 0. The Bertz CT molecular complexity index is 486. The Kier molecular flexibility index (Phi) is 7.42. The van der Waals surface area contributed by atoms with Gasteiger partial charge in [-0.05, 0) is 36.7 Å². The summed E-state index contributed by atoms with van der Waals surface area (Å²) in [6.07, 6.45) is 1.78. The third-order valence-corrected chi connectivity index (χ3v) is 4.10. The van der Waals surface area contributed by atoms with Crippen molar-refractivity contribution < 1.29 is 9.53 Å². The molecular formula is C17H25ClN2O2. The molecule has 1 heterocycles. The average molecular weight is 325 g/mol. The average Bonchev–Trinajstić information content (AvgIpc) is 2.45. The Balaban J connectivity index is 0.00000242. The van der Waals surface area contributed by atoms with Crippen molar-refractivity contribution in [3.63, 3.8) is 0 Å².